The lowest BCUT2D eigenvalue weighted by molar-refractivity contribution is 0.122. The maximum Gasteiger partial charge on any atom is 0.131 e. The van der Waals surface area contributed by atoms with Crippen LogP contribution in [0.25, 0.3) is 11.3 Å². The standard InChI is InChI=1S/C23H28N4O/c1-17-5-7-26(8-6-17)19-13-22(20-4-2-3-18-15-24-16-21(18)20)25-23(14-19)27-9-11-28-12-10-27/h2-4,13-14,16-17H,5-12,15H2,1H3. The van der Waals surface area contributed by atoms with Gasteiger partial charge in [-0.25, -0.2) is 4.98 Å². The minimum absolute atomic E-state index is 0.774. The summed E-state index contributed by atoms with van der Waals surface area (Å²) in [6.45, 7) is 8.75. The Morgan fingerprint density at radius 1 is 1.00 bits per heavy atom. The van der Waals surface area contributed by atoms with Crippen LogP contribution in [0.2, 0.25) is 0 Å². The fourth-order valence-electron chi connectivity index (χ4n) is 4.41. The number of anilines is 2. The molecule has 2 aromatic rings. The second-order valence-electron chi connectivity index (χ2n) is 8.19. The summed E-state index contributed by atoms with van der Waals surface area (Å²) in [6.07, 6.45) is 4.53. The number of benzene rings is 1. The average molecular weight is 377 g/mol. The summed E-state index contributed by atoms with van der Waals surface area (Å²) in [7, 11) is 0. The number of nitrogens with zero attached hydrogens (tertiary/aromatic N) is 4. The monoisotopic (exact) mass is 376 g/mol. The Labute approximate surface area is 167 Å². The van der Waals surface area contributed by atoms with Crippen LogP contribution in [0.1, 0.15) is 30.9 Å². The molecule has 4 heterocycles. The zero-order chi connectivity index (χ0) is 18.9. The lowest BCUT2D eigenvalue weighted by Crippen LogP contribution is -2.37. The van der Waals surface area contributed by atoms with Crippen LogP contribution in [-0.4, -0.2) is 50.6 Å². The van der Waals surface area contributed by atoms with Crippen LogP contribution in [0, 0.1) is 5.92 Å². The molecule has 5 nitrogen and oxygen atoms in total. The second-order valence-corrected chi connectivity index (χ2v) is 8.19. The molecule has 3 aliphatic rings. The number of aromatic nitrogens is 1. The van der Waals surface area contributed by atoms with E-state index in [2.05, 4.69) is 52.0 Å². The van der Waals surface area contributed by atoms with Crippen molar-refractivity contribution in [2.24, 2.45) is 10.9 Å². The van der Waals surface area contributed by atoms with Gasteiger partial charge in [-0.3, -0.25) is 4.99 Å². The van der Waals surface area contributed by atoms with E-state index in [9.17, 15) is 0 Å². The molecule has 5 heteroatoms. The maximum atomic E-state index is 5.56. The van der Waals surface area contributed by atoms with Gasteiger partial charge in [-0.2, -0.15) is 0 Å². The first-order valence-corrected chi connectivity index (χ1v) is 10.5. The summed E-state index contributed by atoms with van der Waals surface area (Å²) in [6, 6.07) is 11.0. The van der Waals surface area contributed by atoms with Gasteiger partial charge >= 0.3 is 0 Å². The zero-order valence-corrected chi connectivity index (χ0v) is 16.6. The van der Waals surface area contributed by atoms with E-state index < -0.39 is 0 Å². The van der Waals surface area contributed by atoms with Crippen molar-refractivity contribution >= 4 is 17.7 Å². The van der Waals surface area contributed by atoms with E-state index in [1.54, 1.807) is 0 Å². The van der Waals surface area contributed by atoms with Crippen molar-refractivity contribution in [3.63, 3.8) is 0 Å². The molecule has 0 bridgehead atoms. The molecule has 2 fully saturated rings. The molecule has 2 saturated heterocycles. The summed E-state index contributed by atoms with van der Waals surface area (Å²) < 4.78 is 5.56. The van der Waals surface area contributed by atoms with E-state index in [0.717, 1.165) is 63.4 Å². The molecule has 0 atom stereocenters. The third-order valence-electron chi connectivity index (χ3n) is 6.23. The lowest BCUT2D eigenvalue weighted by Gasteiger charge is -2.34. The number of piperidine rings is 1. The summed E-state index contributed by atoms with van der Waals surface area (Å²) in [5, 5.41) is 0. The van der Waals surface area contributed by atoms with Crippen molar-refractivity contribution in [3.05, 3.63) is 41.5 Å². The molecule has 1 aromatic carbocycles. The van der Waals surface area contributed by atoms with Crippen molar-refractivity contribution in [2.75, 3.05) is 49.2 Å². The molecule has 3 aliphatic heterocycles. The Bertz CT molecular complexity index is 880. The van der Waals surface area contributed by atoms with Gasteiger partial charge in [0.25, 0.3) is 0 Å². The predicted molar refractivity (Wildman–Crippen MR) is 115 cm³/mol. The van der Waals surface area contributed by atoms with Crippen LogP contribution in [-0.2, 0) is 11.3 Å². The molecule has 146 valence electrons. The van der Waals surface area contributed by atoms with E-state index in [1.807, 2.05) is 6.21 Å². The molecule has 0 N–H and O–H groups in total. The second kappa shape index (κ2) is 7.55. The van der Waals surface area contributed by atoms with Gasteiger partial charge in [0.2, 0.25) is 0 Å². The SMILES string of the molecule is CC1CCN(c2cc(-c3cccc4c3C=NC4)nc(N3CCOCC3)c2)CC1. The van der Waals surface area contributed by atoms with Gasteiger partial charge in [0.1, 0.15) is 5.82 Å². The van der Waals surface area contributed by atoms with Crippen LogP contribution >= 0.6 is 0 Å². The van der Waals surface area contributed by atoms with Crippen LogP contribution in [0.15, 0.2) is 35.3 Å². The van der Waals surface area contributed by atoms with Crippen molar-refractivity contribution in [3.8, 4) is 11.3 Å². The van der Waals surface area contributed by atoms with Crippen LogP contribution in [0.3, 0.4) is 0 Å². The number of fused-ring (bicyclic) bond motifs is 1. The fraction of sp³-hybridized carbons (Fsp3) is 0.478. The van der Waals surface area contributed by atoms with Crippen LogP contribution in [0.5, 0.6) is 0 Å². The van der Waals surface area contributed by atoms with Gasteiger partial charge in [0.05, 0.1) is 25.5 Å². The van der Waals surface area contributed by atoms with Crippen molar-refractivity contribution in [1.82, 2.24) is 4.98 Å². The molecule has 28 heavy (non-hydrogen) atoms. The van der Waals surface area contributed by atoms with Crippen LogP contribution in [0.4, 0.5) is 11.5 Å². The van der Waals surface area contributed by atoms with Crippen molar-refractivity contribution in [1.29, 1.82) is 0 Å². The number of morpholine rings is 1. The smallest absolute Gasteiger partial charge is 0.131 e. The van der Waals surface area contributed by atoms with E-state index in [0.29, 0.717) is 0 Å². The molecule has 0 amide bonds. The van der Waals surface area contributed by atoms with Gasteiger partial charge in [0.15, 0.2) is 0 Å². The highest BCUT2D eigenvalue weighted by molar-refractivity contribution is 5.94. The first-order chi connectivity index (χ1) is 13.8. The number of pyridine rings is 1. The minimum Gasteiger partial charge on any atom is -0.378 e. The van der Waals surface area contributed by atoms with E-state index in [1.165, 1.54) is 35.2 Å². The maximum absolute atomic E-state index is 5.56. The number of rotatable bonds is 3. The summed E-state index contributed by atoms with van der Waals surface area (Å²) in [5.41, 5.74) is 6.07. The van der Waals surface area contributed by atoms with E-state index >= 15 is 0 Å². The van der Waals surface area contributed by atoms with Gasteiger partial charge in [0, 0.05) is 55.3 Å². The number of aliphatic imine (C=N–C) groups is 1. The molecule has 0 aliphatic carbocycles. The Kier molecular flexibility index (Phi) is 4.77. The third-order valence-corrected chi connectivity index (χ3v) is 6.23. The fourth-order valence-corrected chi connectivity index (χ4v) is 4.41. The third kappa shape index (κ3) is 3.39. The average Bonchev–Trinajstić information content (AvgIpc) is 3.23. The predicted octanol–water partition coefficient (Wildman–Crippen LogP) is 3.75. The van der Waals surface area contributed by atoms with Gasteiger partial charge < -0.3 is 14.5 Å². The Morgan fingerprint density at radius 3 is 2.64 bits per heavy atom. The van der Waals surface area contributed by atoms with Gasteiger partial charge in [-0.15, -0.1) is 0 Å². The molecule has 0 spiro atoms. The molecular weight excluding hydrogens is 348 g/mol. The molecule has 1 aromatic heterocycles. The topological polar surface area (TPSA) is 41.0 Å². The molecule has 5 rings (SSSR count). The highest BCUT2D eigenvalue weighted by Crippen LogP contribution is 2.33. The molecular formula is C23H28N4O. The number of hydrogen-bond donors (Lipinski definition) is 0. The number of hydrogen-bond acceptors (Lipinski definition) is 5. The first-order valence-electron chi connectivity index (χ1n) is 10.5. The van der Waals surface area contributed by atoms with Crippen LogP contribution < -0.4 is 9.80 Å². The Balaban J connectivity index is 1.57. The van der Waals surface area contributed by atoms with Crippen molar-refractivity contribution in [2.45, 2.75) is 26.3 Å². The highest BCUT2D eigenvalue weighted by atomic mass is 16.5. The summed E-state index contributed by atoms with van der Waals surface area (Å²) in [4.78, 5) is 14.5. The summed E-state index contributed by atoms with van der Waals surface area (Å²) in [5.74, 6) is 1.90. The number of ether oxygens (including phenoxy) is 1. The van der Waals surface area contributed by atoms with Gasteiger partial charge in [-0.05, 0) is 30.4 Å². The molecule has 0 unspecified atom stereocenters. The zero-order valence-electron chi connectivity index (χ0n) is 16.6. The van der Waals surface area contributed by atoms with Gasteiger partial charge in [-0.1, -0.05) is 25.1 Å². The Hall–Kier alpha value is -2.40. The highest BCUT2D eigenvalue weighted by Gasteiger charge is 2.21. The minimum atomic E-state index is 0.774. The summed E-state index contributed by atoms with van der Waals surface area (Å²) >= 11 is 0. The lowest BCUT2D eigenvalue weighted by atomic mass is 9.97. The quantitative estimate of drug-likeness (QED) is 0.818. The van der Waals surface area contributed by atoms with E-state index in [4.69, 9.17) is 9.72 Å². The molecule has 0 saturated carbocycles. The largest absolute Gasteiger partial charge is 0.378 e. The molecule has 0 radical (unpaired) electrons. The van der Waals surface area contributed by atoms with E-state index in [-0.39, 0.29) is 0 Å². The Morgan fingerprint density at radius 2 is 1.82 bits per heavy atom. The first kappa shape index (κ1) is 17.7. The normalized spacial score (nSPS) is 19.9. The van der Waals surface area contributed by atoms with Crippen molar-refractivity contribution < 1.29 is 4.74 Å².